The summed E-state index contributed by atoms with van der Waals surface area (Å²) in [4.78, 5) is 2.13. The third-order valence-corrected chi connectivity index (χ3v) is 5.50. The summed E-state index contributed by atoms with van der Waals surface area (Å²) in [6.07, 6.45) is 3.32. The van der Waals surface area contributed by atoms with Gasteiger partial charge in [-0.3, -0.25) is 0 Å². The van der Waals surface area contributed by atoms with E-state index in [4.69, 9.17) is 5.73 Å². The van der Waals surface area contributed by atoms with Gasteiger partial charge in [0.15, 0.2) is 9.84 Å². The molecule has 0 aliphatic carbocycles. The molecule has 0 radical (unpaired) electrons. The van der Waals surface area contributed by atoms with Crippen molar-refractivity contribution >= 4 is 9.84 Å². The Morgan fingerprint density at radius 2 is 2.11 bits per heavy atom. The predicted molar refractivity (Wildman–Crippen MR) is 73.2 cm³/mol. The van der Waals surface area contributed by atoms with Gasteiger partial charge in [0.05, 0.1) is 17.1 Å². The second-order valence-corrected chi connectivity index (χ2v) is 7.92. The number of nitrogens with zero attached hydrogens (tertiary/aromatic N) is 1. The highest BCUT2D eigenvalue weighted by Gasteiger charge is 2.30. The van der Waals surface area contributed by atoms with Gasteiger partial charge in [0.1, 0.15) is 0 Å². The Balaban J connectivity index is 2.20. The first-order chi connectivity index (χ1) is 8.26. The molecular weight excluding hydrogens is 252 g/mol. The van der Waals surface area contributed by atoms with Crippen molar-refractivity contribution in [1.82, 2.24) is 4.90 Å². The van der Waals surface area contributed by atoms with Gasteiger partial charge in [-0.1, -0.05) is 0 Å². The minimum Gasteiger partial charge on any atom is -0.389 e. The molecule has 0 amide bonds. The molecule has 6 heteroatoms. The van der Waals surface area contributed by atoms with Crippen molar-refractivity contribution in [3.63, 3.8) is 0 Å². The Kier molecular flexibility index (Phi) is 5.58. The van der Waals surface area contributed by atoms with Crippen LogP contribution in [-0.4, -0.2) is 61.7 Å². The first kappa shape index (κ1) is 15.9. The maximum absolute atomic E-state index is 11.4. The first-order valence-electron chi connectivity index (χ1n) is 6.59. The van der Waals surface area contributed by atoms with Gasteiger partial charge in [-0.25, -0.2) is 8.42 Å². The molecule has 0 aromatic carbocycles. The molecule has 1 saturated heterocycles. The summed E-state index contributed by atoms with van der Waals surface area (Å²) in [7, 11) is -0.818. The van der Waals surface area contributed by atoms with Crippen LogP contribution in [-0.2, 0) is 9.84 Å². The van der Waals surface area contributed by atoms with Crippen LogP contribution in [0.25, 0.3) is 0 Å². The van der Waals surface area contributed by atoms with E-state index in [-0.39, 0.29) is 12.6 Å². The maximum Gasteiger partial charge on any atom is 0.151 e. The summed E-state index contributed by atoms with van der Waals surface area (Å²) in [6, 6.07) is 0.171. The van der Waals surface area contributed by atoms with E-state index in [0.717, 1.165) is 25.8 Å². The number of unbranched alkanes of at least 4 members (excludes halogenated alkanes) is 1. The van der Waals surface area contributed by atoms with Crippen LogP contribution in [0.1, 0.15) is 32.6 Å². The van der Waals surface area contributed by atoms with Crippen LogP contribution >= 0.6 is 0 Å². The van der Waals surface area contributed by atoms with Crippen molar-refractivity contribution in [1.29, 1.82) is 0 Å². The van der Waals surface area contributed by atoms with E-state index in [0.29, 0.717) is 17.9 Å². The molecule has 2 unspecified atom stereocenters. The molecule has 108 valence electrons. The quantitative estimate of drug-likeness (QED) is 0.640. The van der Waals surface area contributed by atoms with Gasteiger partial charge in [0.2, 0.25) is 0 Å². The second-order valence-electron chi connectivity index (χ2n) is 5.70. The number of sulfone groups is 1. The lowest BCUT2D eigenvalue weighted by Gasteiger charge is -2.24. The van der Waals surface area contributed by atoms with Crippen molar-refractivity contribution in [2.75, 3.05) is 31.6 Å². The van der Waals surface area contributed by atoms with Crippen molar-refractivity contribution in [3.8, 4) is 0 Å². The van der Waals surface area contributed by atoms with E-state index in [9.17, 15) is 13.5 Å². The lowest BCUT2D eigenvalue weighted by Crippen LogP contribution is -2.35. The largest absolute Gasteiger partial charge is 0.389 e. The maximum atomic E-state index is 11.4. The Hall–Kier alpha value is -0.170. The number of aliphatic hydroxyl groups is 1. The van der Waals surface area contributed by atoms with Gasteiger partial charge >= 0.3 is 0 Å². The van der Waals surface area contributed by atoms with Crippen molar-refractivity contribution in [2.24, 2.45) is 5.73 Å². The molecule has 0 aromatic rings. The molecule has 1 rings (SSSR count). The zero-order chi connectivity index (χ0) is 13.8. The van der Waals surface area contributed by atoms with E-state index in [1.54, 1.807) is 6.92 Å². The summed E-state index contributed by atoms with van der Waals surface area (Å²) < 4.78 is 22.7. The van der Waals surface area contributed by atoms with Crippen molar-refractivity contribution in [2.45, 2.75) is 44.2 Å². The third kappa shape index (κ3) is 5.22. The van der Waals surface area contributed by atoms with Crippen LogP contribution in [0.15, 0.2) is 0 Å². The zero-order valence-corrected chi connectivity index (χ0v) is 12.2. The van der Waals surface area contributed by atoms with E-state index < -0.39 is 15.4 Å². The molecule has 3 N–H and O–H groups in total. The Bertz CT molecular complexity index is 354. The highest BCUT2D eigenvalue weighted by molar-refractivity contribution is 7.91. The van der Waals surface area contributed by atoms with Crippen LogP contribution < -0.4 is 5.73 Å². The molecule has 2 atom stereocenters. The average Bonchev–Trinajstić information content (AvgIpc) is 2.65. The lowest BCUT2D eigenvalue weighted by atomic mass is 9.99. The molecule has 0 bridgehead atoms. The molecule has 0 aromatic heterocycles. The van der Waals surface area contributed by atoms with E-state index in [1.807, 2.05) is 7.05 Å². The van der Waals surface area contributed by atoms with Gasteiger partial charge in [-0.2, -0.15) is 0 Å². The zero-order valence-electron chi connectivity index (χ0n) is 11.4. The lowest BCUT2D eigenvalue weighted by molar-refractivity contribution is 0.0563. The number of nitrogens with two attached hydrogens (primary N) is 1. The van der Waals surface area contributed by atoms with E-state index in [2.05, 4.69) is 4.90 Å². The first-order valence-corrected chi connectivity index (χ1v) is 8.41. The molecular formula is C12H26N2O3S. The molecule has 0 spiro atoms. The fourth-order valence-corrected chi connectivity index (χ4v) is 4.08. The topological polar surface area (TPSA) is 83.6 Å². The van der Waals surface area contributed by atoms with Gasteiger partial charge < -0.3 is 15.7 Å². The normalized spacial score (nSPS) is 26.4. The van der Waals surface area contributed by atoms with Gasteiger partial charge in [0, 0.05) is 12.6 Å². The smallest absolute Gasteiger partial charge is 0.151 e. The fraction of sp³-hybridized carbons (Fsp3) is 1.00. The van der Waals surface area contributed by atoms with Crippen LogP contribution in [0, 0.1) is 0 Å². The SMILES string of the molecule is CN(CCCCC(C)(O)CN)C1CCS(=O)(=O)C1. The van der Waals surface area contributed by atoms with Crippen LogP contribution in [0.2, 0.25) is 0 Å². The predicted octanol–water partition coefficient (Wildman–Crippen LogP) is -0.0147. The highest BCUT2D eigenvalue weighted by Crippen LogP contribution is 2.18. The number of rotatable bonds is 7. The average molecular weight is 278 g/mol. The molecule has 1 aliphatic heterocycles. The molecule has 1 heterocycles. The standard InChI is InChI=1S/C12H26N2O3S/c1-12(15,10-13)6-3-4-7-14(2)11-5-8-18(16,17)9-11/h11,15H,3-10,13H2,1-2H3. The van der Waals surface area contributed by atoms with Gasteiger partial charge in [-0.15, -0.1) is 0 Å². The summed E-state index contributed by atoms with van der Waals surface area (Å²) in [5, 5.41) is 9.75. The summed E-state index contributed by atoms with van der Waals surface area (Å²) >= 11 is 0. The second kappa shape index (κ2) is 6.32. The Morgan fingerprint density at radius 3 is 2.61 bits per heavy atom. The monoisotopic (exact) mass is 278 g/mol. The molecule has 18 heavy (non-hydrogen) atoms. The number of hydrogen-bond donors (Lipinski definition) is 2. The van der Waals surface area contributed by atoms with Crippen molar-refractivity contribution in [3.05, 3.63) is 0 Å². The summed E-state index contributed by atoms with van der Waals surface area (Å²) in [6.45, 7) is 2.91. The van der Waals surface area contributed by atoms with Crippen LogP contribution in [0.3, 0.4) is 0 Å². The minimum absolute atomic E-state index is 0.171. The molecule has 5 nitrogen and oxygen atoms in total. The fourth-order valence-electron chi connectivity index (χ4n) is 2.27. The van der Waals surface area contributed by atoms with Gasteiger partial charge in [-0.05, 0) is 46.2 Å². The Morgan fingerprint density at radius 1 is 1.44 bits per heavy atom. The van der Waals surface area contributed by atoms with Crippen LogP contribution in [0.4, 0.5) is 0 Å². The van der Waals surface area contributed by atoms with E-state index >= 15 is 0 Å². The highest BCUT2D eigenvalue weighted by atomic mass is 32.2. The van der Waals surface area contributed by atoms with Crippen molar-refractivity contribution < 1.29 is 13.5 Å². The molecule has 1 fully saturated rings. The third-order valence-electron chi connectivity index (χ3n) is 3.75. The van der Waals surface area contributed by atoms with E-state index in [1.165, 1.54) is 0 Å². The summed E-state index contributed by atoms with van der Waals surface area (Å²) in [5.74, 6) is 0.619. The van der Waals surface area contributed by atoms with Crippen LogP contribution in [0.5, 0.6) is 0 Å². The summed E-state index contributed by atoms with van der Waals surface area (Å²) in [5.41, 5.74) is 4.68. The van der Waals surface area contributed by atoms with Gasteiger partial charge in [0.25, 0.3) is 0 Å². The Labute approximate surface area is 110 Å². The molecule has 1 aliphatic rings. The number of hydrogen-bond acceptors (Lipinski definition) is 5. The molecule has 0 saturated carbocycles. The minimum atomic E-state index is -2.80.